The Hall–Kier alpha value is -1.45. The molecule has 0 saturated carbocycles. The van der Waals surface area contributed by atoms with Gasteiger partial charge in [-0.3, -0.25) is 0 Å². The maximum absolute atomic E-state index is 13.7. The Bertz CT molecular complexity index is 597. The highest BCUT2D eigenvalue weighted by Gasteiger charge is 2.18. The minimum Gasteiger partial charge on any atom is -0.388 e. The van der Waals surface area contributed by atoms with Crippen LogP contribution in [0.4, 0.5) is 8.78 Å². The maximum atomic E-state index is 13.7. The van der Waals surface area contributed by atoms with Gasteiger partial charge in [-0.05, 0) is 54.8 Å². The molecule has 2 rings (SSSR count). The van der Waals surface area contributed by atoms with Crippen molar-refractivity contribution >= 4 is 11.6 Å². The Morgan fingerprint density at radius 2 is 1.75 bits per heavy atom. The van der Waals surface area contributed by atoms with E-state index in [2.05, 4.69) is 0 Å². The number of aliphatic hydroxyl groups is 1. The van der Waals surface area contributed by atoms with E-state index < -0.39 is 11.9 Å². The SMILES string of the molecule is Cc1cc(F)cc(C)c1C(O)Cc1c(F)cccc1Cl. The molecule has 0 spiro atoms. The van der Waals surface area contributed by atoms with E-state index in [9.17, 15) is 13.9 Å². The van der Waals surface area contributed by atoms with Gasteiger partial charge in [-0.1, -0.05) is 17.7 Å². The van der Waals surface area contributed by atoms with Gasteiger partial charge in [-0.15, -0.1) is 0 Å². The van der Waals surface area contributed by atoms with E-state index in [-0.39, 0.29) is 22.8 Å². The van der Waals surface area contributed by atoms with Crippen LogP contribution >= 0.6 is 11.6 Å². The average Bonchev–Trinajstić information content (AvgIpc) is 2.32. The van der Waals surface area contributed by atoms with E-state index in [0.29, 0.717) is 16.7 Å². The Labute approximate surface area is 121 Å². The van der Waals surface area contributed by atoms with Crippen molar-refractivity contribution in [2.45, 2.75) is 26.4 Å². The lowest BCUT2D eigenvalue weighted by atomic mass is 9.93. The zero-order chi connectivity index (χ0) is 14.9. The van der Waals surface area contributed by atoms with Crippen LogP contribution in [0.15, 0.2) is 30.3 Å². The highest BCUT2D eigenvalue weighted by Crippen LogP contribution is 2.29. The van der Waals surface area contributed by atoms with Crippen LogP contribution in [0.5, 0.6) is 0 Å². The van der Waals surface area contributed by atoms with Gasteiger partial charge in [-0.25, -0.2) is 8.78 Å². The normalized spacial score (nSPS) is 12.5. The standard InChI is InChI=1S/C16H15ClF2O/c1-9-6-11(18)7-10(2)16(9)15(20)8-12-13(17)4-3-5-14(12)19/h3-7,15,20H,8H2,1-2H3. The molecule has 2 aromatic rings. The first-order valence-electron chi connectivity index (χ1n) is 6.27. The molecule has 1 N–H and O–H groups in total. The van der Waals surface area contributed by atoms with Crippen molar-refractivity contribution in [3.05, 3.63) is 69.2 Å². The van der Waals surface area contributed by atoms with Crippen LogP contribution in [-0.4, -0.2) is 5.11 Å². The van der Waals surface area contributed by atoms with Crippen molar-refractivity contribution in [1.29, 1.82) is 0 Å². The zero-order valence-corrected chi connectivity index (χ0v) is 12.0. The van der Waals surface area contributed by atoms with Crippen LogP contribution in [0.1, 0.15) is 28.4 Å². The molecule has 0 bridgehead atoms. The van der Waals surface area contributed by atoms with E-state index in [1.165, 1.54) is 24.3 Å². The van der Waals surface area contributed by atoms with Gasteiger partial charge in [0.2, 0.25) is 0 Å². The van der Waals surface area contributed by atoms with Crippen LogP contribution in [0.25, 0.3) is 0 Å². The fraction of sp³-hybridized carbons (Fsp3) is 0.250. The fourth-order valence-corrected chi connectivity index (χ4v) is 2.71. The molecule has 0 saturated heterocycles. The van der Waals surface area contributed by atoms with E-state index in [1.54, 1.807) is 19.9 Å². The first-order chi connectivity index (χ1) is 9.40. The summed E-state index contributed by atoms with van der Waals surface area (Å²) >= 11 is 5.95. The first kappa shape index (κ1) is 14.9. The van der Waals surface area contributed by atoms with Crippen molar-refractivity contribution < 1.29 is 13.9 Å². The molecule has 0 aliphatic carbocycles. The third-order valence-electron chi connectivity index (χ3n) is 3.35. The van der Waals surface area contributed by atoms with Crippen molar-refractivity contribution in [3.8, 4) is 0 Å². The molecule has 0 amide bonds. The maximum Gasteiger partial charge on any atom is 0.127 e. The average molecular weight is 297 g/mol. The fourth-order valence-electron chi connectivity index (χ4n) is 2.47. The first-order valence-corrected chi connectivity index (χ1v) is 6.65. The van der Waals surface area contributed by atoms with Crippen LogP contribution in [0.3, 0.4) is 0 Å². The zero-order valence-electron chi connectivity index (χ0n) is 11.3. The largest absolute Gasteiger partial charge is 0.388 e. The molecule has 0 heterocycles. The minimum absolute atomic E-state index is 0.0544. The summed E-state index contributed by atoms with van der Waals surface area (Å²) in [4.78, 5) is 0. The summed E-state index contributed by atoms with van der Waals surface area (Å²) < 4.78 is 27.0. The lowest BCUT2D eigenvalue weighted by molar-refractivity contribution is 0.175. The molecule has 0 radical (unpaired) electrons. The Morgan fingerprint density at radius 3 is 2.30 bits per heavy atom. The second-order valence-electron chi connectivity index (χ2n) is 4.87. The van der Waals surface area contributed by atoms with Gasteiger partial charge in [0.25, 0.3) is 0 Å². The number of hydrogen-bond donors (Lipinski definition) is 1. The summed E-state index contributed by atoms with van der Waals surface area (Å²) in [6, 6.07) is 7.11. The summed E-state index contributed by atoms with van der Waals surface area (Å²) in [5.74, 6) is -0.797. The summed E-state index contributed by atoms with van der Waals surface area (Å²) in [6.07, 6.45) is -0.872. The lowest BCUT2D eigenvalue weighted by Gasteiger charge is -2.18. The molecule has 1 unspecified atom stereocenters. The van der Waals surface area contributed by atoms with Gasteiger partial charge in [-0.2, -0.15) is 0 Å². The minimum atomic E-state index is -0.926. The Balaban J connectivity index is 2.36. The van der Waals surface area contributed by atoms with Crippen LogP contribution < -0.4 is 0 Å². The van der Waals surface area contributed by atoms with Gasteiger partial charge < -0.3 is 5.11 Å². The molecule has 0 aromatic heterocycles. The van der Waals surface area contributed by atoms with Gasteiger partial charge in [0, 0.05) is 17.0 Å². The van der Waals surface area contributed by atoms with Crippen LogP contribution in [0, 0.1) is 25.5 Å². The third kappa shape index (κ3) is 3.00. The van der Waals surface area contributed by atoms with Crippen molar-refractivity contribution in [3.63, 3.8) is 0 Å². The highest BCUT2D eigenvalue weighted by molar-refractivity contribution is 6.31. The van der Waals surface area contributed by atoms with Crippen molar-refractivity contribution in [2.24, 2.45) is 0 Å². The van der Waals surface area contributed by atoms with Gasteiger partial charge in [0.15, 0.2) is 0 Å². The number of halogens is 3. The quantitative estimate of drug-likeness (QED) is 0.883. The van der Waals surface area contributed by atoms with Gasteiger partial charge in [0.1, 0.15) is 11.6 Å². The summed E-state index contributed by atoms with van der Waals surface area (Å²) in [5.41, 5.74) is 2.17. The smallest absolute Gasteiger partial charge is 0.127 e. The molecule has 2 aromatic carbocycles. The van der Waals surface area contributed by atoms with E-state index >= 15 is 0 Å². The Morgan fingerprint density at radius 1 is 1.15 bits per heavy atom. The third-order valence-corrected chi connectivity index (χ3v) is 3.70. The number of aryl methyl sites for hydroxylation is 2. The predicted octanol–water partition coefficient (Wildman–Crippen LogP) is 4.51. The molecule has 106 valence electrons. The number of hydrogen-bond acceptors (Lipinski definition) is 1. The molecule has 4 heteroatoms. The van der Waals surface area contributed by atoms with E-state index in [0.717, 1.165) is 0 Å². The molecule has 1 nitrogen and oxygen atoms in total. The van der Waals surface area contributed by atoms with Gasteiger partial charge in [0.05, 0.1) is 6.10 Å². The second-order valence-corrected chi connectivity index (χ2v) is 5.28. The van der Waals surface area contributed by atoms with E-state index in [1.807, 2.05) is 0 Å². The molecular weight excluding hydrogens is 282 g/mol. The summed E-state index contributed by atoms with van der Waals surface area (Å²) in [7, 11) is 0. The molecule has 1 atom stereocenters. The van der Waals surface area contributed by atoms with Gasteiger partial charge >= 0.3 is 0 Å². The molecule has 0 fully saturated rings. The number of aliphatic hydroxyl groups excluding tert-OH is 1. The van der Waals surface area contributed by atoms with Crippen molar-refractivity contribution in [2.75, 3.05) is 0 Å². The van der Waals surface area contributed by atoms with Crippen LogP contribution in [0.2, 0.25) is 5.02 Å². The Kier molecular flexibility index (Phi) is 4.41. The van der Waals surface area contributed by atoms with Crippen molar-refractivity contribution in [1.82, 2.24) is 0 Å². The molecule has 0 aliphatic heterocycles. The molecule has 0 aliphatic rings. The topological polar surface area (TPSA) is 20.2 Å². The summed E-state index contributed by atoms with van der Waals surface area (Å²) in [6.45, 7) is 3.44. The number of benzene rings is 2. The van der Waals surface area contributed by atoms with E-state index in [4.69, 9.17) is 11.6 Å². The molecular formula is C16H15ClF2O. The lowest BCUT2D eigenvalue weighted by Crippen LogP contribution is -2.08. The monoisotopic (exact) mass is 296 g/mol. The predicted molar refractivity (Wildman–Crippen MR) is 75.9 cm³/mol. The second kappa shape index (κ2) is 5.90. The molecule has 20 heavy (non-hydrogen) atoms. The summed E-state index contributed by atoms with van der Waals surface area (Å²) in [5, 5.41) is 10.6. The highest BCUT2D eigenvalue weighted by atomic mass is 35.5. The number of rotatable bonds is 3. The van der Waals surface area contributed by atoms with Crippen LogP contribution in [-0.2, 0) is 6.42 Å².